The fourth-order valence-corrected chi connectivity index (χ4v) is 2.29. The summed E-state index contributed by atoms with van der Waals surface area (Å²) in [5.74, 6) is -1.22. The van der Waals surface area contributed by atoms with Crippen molar-refractivity contribution < 1.29 is 14.7 Å². The maximum absolute atomic E-state index is 12.0. The second-order valence-corrected chi connectivity index (χ2v) is 5.62. The number of rotatable bonds is 3. The number of urea groups is 1. The number of hydrogen-bond acceptors (Lipinski definition) is 2. The van der Waals surface area contributed by atoms with Gasteiger partial charge in [-0.25, -0.2) is 4.79 Å². The second kappa shape index (κ2) is 5.71. The fourth-order valence-electron chi connectivity index (χ4n) is 2.12. The summed E-state index contributed by atoms with van der Waals surface area (Å²) < 4.78 is 0. The molecule has 1 saturated heterocycles. The highest BCUT2D eigenvalue weighted by atomic mass is 35.5. The molecule has 2 N–H and O–H groups in total. The van der Waals surface area contributed by atoms with Gasteiger partial charge in [0.2, 0.25) is 0 Å². The molecule has 1 aliphatic heterocycles. The standard InChI is InChI=1S/C14H17ClN2O3/c1-8-3-4-11(15)5-12(8)16-14(20)17-6-10(7-17)9(2)13(18)19/h3-5,9-10H,6-7H2,1-2H3,(H,16,20)(H,18,19). The van der Waals surface area contributed by atoms with Crippen molar-refractivity contribution in [2.24, 2.45) is 11.8 Å². The van der Waals surface area contributed by atoms with E-state index in [2.05, 4.69) is 5.32 Å². The Bertz CT molecular complexity index is 541. The number of carbonyl (C=O) groups is 2. The molecule has 0 bridgehead atoms. The molecule has 1 atom stereocenters. The summed E-state index contributed by atoms with van der Waals surface area (Å²) in [6.07, 6.45) is 0. The largest absolute Gasteiger partial charge is 0.481 e. The monoisotopic (exact) mass is 296 g/mol. The van der Waals surface area contributed by atoms with Crippen LogP contribution in [0.25, 0.3) is 0 Å². The summed E-state index contributed by atoms with van der Waals surface area (Å²) in [4.78, 5) is 24.5. The highest BCUT2D eigenvalue weighted by molar-refractivity contribution is 6.31. The van der Waals surface area contributed by atoms with Crippen LogP contribution in [0.3, 0.4) is 0 Å². The predicted octanol–water partition coefficient (Wildman–Crippen LogP) is 2.83. The molecule has 5 nitrogen and oxygen atoms in total. The summed E-state index contributed by atoms with van der Waals surface area (Å²) in [5, 5.41) is 12.3. The van der Waals surface area contributed by atoms with Crippen molar-refractivity contribution in [1.29, 1.82) is 0 Å². The average molecular weight is 297 g/mol. The number of carboxylic acids is 1. The third-order valence-electron chi connectivity index (χ3n) is 3.73. The van der Waals surface area contributed by atoms with Gasteiger partial charge in [-0.15, -0.1) is 0 Å². The lowest BCUT2D eigenvalue weighted by molar-refractivity contribution is -0.144. The van der Waals surface area contributed by atoms with Gasteiger partial charge in [0, 0.05) is 29.7 Å². The maximum atomic E-state index is 12.0. The number of anilines is 1. The van der Waals surface area contributed by atoms with Gasteiger partial charge in [-0.1, -0.05) is 24.6 Å². The zero-order valence-electron chi connectivity index (χ0n) is 11.4. The number of nitrogens with zero attached hydrogens (tertiary/aromatic N) is 1. The summed E-state index contributed by atoms with van der Waals surface area (Å²) in [6, 6.07) is 5.08. The van der Waals surface area contributed by atoms with E-state index in [1.807, 2.05) is 13.0 Å². The van der Waals surface area contributed by atoms with Crippen LogP contribution in [-0.4, -0.2) is 35.1 Å². The summed E-state index contributed by atoms with van der Waals surface area (Å²) in [5.41, 5.74) is 1.61. The van der Waals surface area contributed by atoms with Gasteiger partial charge in [-0.2, -0.15) is 0 Å². The van der Waals surface area contributed by atoms with E-state index < -0.39 is 11.9 Å². The maximum Gasteiger partial charge on any atom is 0.321 e. The molecule has 2 amide bonds. The number of aliphatic carboxylic acids is 1. The number of halogens is 1. The summed E-state index contributed by atoms with van der Waals surface area (Å²) >= 11 is 5.90. The molecular weight excluding hydrogens is 280 g/mol. The van der Waals surface area contributed by atoms with Crippen LogP contribution < -0.4 is 5.32 Å². The molecule has 1 heterocycles. The molecule has 1 aromatic carbocycles. The van der Waals surface area contributed by atoms with Crippen molar-refractivity contribution in [1.82, 2.24) is 4.90 Å². The molecule has 1 unspecified atom stereocenters. The van der Waals surface area contributed by atoms with Crippen molar-refractivity contribution in [3.05, 3.63) is 28.8 Å². The second-order valence-electron chi connectivity index (χ2n) is 5.18. The fraction of sp³-hybridized carbons (Fsp3) is 0.429. The zero-order valence-corrected chi connectivity index (χ0v) is 12.1. The normalized spacial score (nSPS) is 16.4. The molecular formula is C14H17ClN2O3. The molecule has 2 rings (SSSR count). The van der Waals surface area contributed by atoms with Gasteiger partial charge in [0.15, 0.2) is 0 Å². The van der Waals surface area contributed by atoms with Crippen LogP contribution >= 0.6 is 11.6 Å². The first kappa shape index (κ1) is 14.7. The van der Waals surface area contributed by atoms with E-state index in [4.69, 9.17) is 16.7 Å². The third-order valence-corrected chi connectivity index (χ3v) is 3.97. The number of aryl methyl sites for hydroxylation is 1. The van der Waals surface area contributed by atoms with Crippen LogP contribution in [0.4, 0.5) is 10.5 Å². The molecule has 1 fully saturated rings. The molecule has 108 valence electrons. The van der Waals surface area contributed by atoms with E-state index in [-0.39, 0.29) is 11.9 Å². The van der Waals surface area contributed by atoms with Crippen LogP contribution in [-0.2, 0) is 4.79 Å². The topological polar surface area (TPSA) is 69.6 Å². The number of carboxylic acid groups (broad SMARTS) is 1. The highest BCUT2D eigenvalue weighted by Gasteiger charge is 2.37. The van der Waals surface area contributed by atoms with E-state index in [1.165, 1.54) is 0 Å². The molecule has 0 radical (unpaired) electrons. The predicted molar refractivity (Wildman–Crippen MR) is 77.1 cm³/mol. The number of nitrogens with one attached hydrogen (secondary N) is 1. The summed E-state index contributed by atoms with van der Waals surface area (Å²) in [6.45, 7) is 4.50. The van der Waals surface area contributed by atoms with E-state index in [1.54, 1.807) is 24.0 Å². The molecule has 0 spiro atoms. The van der Waals surface area contributed by atoms with Crippen LogP contribution in [0.1, 0.15) is 12.5 Å². The Kier molecular flexibility index (Phi) is 4.18. The SMILES string of the molecule is Cc1ccc(Cl)cc1NC(=O)N1CC(C(C)C(=O)O)C1. The molecule has 0 aromatic heterocycles. The minimum atomic E-state index is -0.819. The smallest absolute Gasteiger partial charge is 0.321 e. The Balaban J connectivity index is 1.92. The lowest BCUT2D eigenvalue weighted by Gasteiger charge is -2.41. The highest BCUT2D eigenvalue weighted by Crippen LogP contribution is 2.26. The number of hydrogen-bond donors (Lipinski definition) is 2. The molecule has 1 aliphatic rings. The van der Waals surface area contributed by atoms with E-state index in [9.17, 15) is 9.59 Å². The van der Waals surface area contributed by atoms with Gasteiger partial charge in [0.25, 0.3) is 0 Å². The van der Waals surface area contributed by atoms with Gasteiger partial charge in [0.05, 0.1) is 5.92 Å². The first-order valence-corrected chi connectivity index (χ1v) is 6.81. The van der Waals surface area contributed by atoms with Gasteiger partial charge >= 0.3 is 12.0 Å². The lowest BCUT2D eigenvalue weighted by atomic mass is 9.87. The van der Waals surface area contributed by atoms with Gasteiger partial charge in [0.1, 0.15) is 0 Å². The first-order valence-electron chi connectivity index (χ1n) is 6.43. The van der Waals surface area contributed by atoms with Crippen molar-refractivity contribution >= 4 is 29.3 Å². The number of likely N-dealkylation sites (tertiary alicyclic amines) is 1. The van der Waals surface area contributed by atoms with Crippen LogP contribution in [0, 0.1) is 18.8 Å². The minimum Gasteiger partial charge on any atom is -0.481 e. The molecule has 1 aromatic rings. The molecule has 6 heteroatoms. The Morgan fingerprint density at radius 1 is 1.45 bits per heavy atom. The van der Waals surface area contributed by atoms with E-state index in [0.717, 1.165) is 5.56 Å². The van der Waals surface area contributed by atoms with Crippen molar-refractivity contribution in [3.63, 3.8) is 0 Å². The number of carbonyl (C=O) groups excluding carboxylic acids is 1. The van der Waals surface area contributed by atoms with Crippen molar-refractivity contribution in [2.75, 3.05) is 18.4 Å². The lowest BCUT2D eigenvalue weighted by Crippen LogP contribution is -2.54. The first-order chi connectivity index (χ1) is 9.38. The Hall–Kier alpha value is -1.75. The van der Waals surface area contributed by atoms with E-state index in [0.29, 0.717) is 23.8 Å². The van der Waals surface area contributed by atoms with Gasteiger partial charge in [-0.05, 0) is 24.6 Å². The van der Waals surface area contributed by atoms with E-state index >= 15 is 0 Å². The van der Waals surface area contributed by atoms with Crippen molar-refractivity contribution in [3.8, 4) is 0 Å². The van der Waals surface area contributed by atoms with Gasteiger partial charge in [-0.3, -0.25) is 4.79 Å². The molecule has 0 saturated carbocycles. The average Bonchev–Trinajstić information content (AvgIpc) is 2.31. The van der Waals surface area contributed by atoms with Crippen LogP contribution in [0.5, 0.6) is 0 Å². The van der Waals surface area contributed by atoms with Crippen molar-refractivity contribution in [2.45, 2.75) is 13.8 Å². The zero-order chi connectivity index (χ0) is 14.9. The number of amides is 2. The van der Waals surface area contributed by atoms with Crippen LogP contribution in [0.15, 0.2) is 18.2 Å². The number of benzene rings is 1. The molecule has 0 aliphatic carbocycles. The quantitative estimate of drug-likeness (QED) is 0.901. The minimum absolute atomic E-state index is 0.0266. The van der Waals surface area contributed by atoms with Gasteiger partial charge < -0.3 is 15.3 Å². The van der Waals surface area contributed by atoms with Crippen LogP contribution in [0.2, 0.25) is 5.02 Å². The third kappa shape index (κ3) is 3.04. The Morgan fingerprint density at radius 2 is 2.10 bits per heavy atom. The Morgan fingerprint density at radius 3 is 2.70 bits per heavy atom. The Labute approximate surface area is 122 Å². The summed E-state index contributed by atoms with van der Waals surface area (Å²) in [7, 11) is 0. The molecule has 20 heavy (non-hydrogen) atoms.